The summed E-state index contributed by atoms with van der Waals surface area (Å²) in [4.78, 5) is 31.3. The standard InChI is InChI=1S/C23H22F2N8O2/c1-13-16(12-33(31-13)10-9-28-23(35)30-18-5-3-4-8-27-18)14-6-7-15(20(25)19(14)24)17-11-29-22(21(26)34)32(17)2/h3-8,11-12H,9-10H2,1-2H3,(H2,26,34)(H2,27,28,30,35). The minimum Gasteiger partial charge on any atom is -0.363 e. The molecule has 0 fully saturated rings. The Hall–Kier alpha value is -4.61. The van der Waals surface area contributed by atoms with Crippen molar-refractivity contribution in [2.45, 2.75) is 13.5 Å². The number of nitrogens with one attached hydrogen (secondary N) is 2. The number of hydrogen-bond acceptors (Lipinski definition) is 5. The molecule has 4 N–H and O–H groups in total. The summed E-state index contributed by atoms with van der Waals surface area (Å²) in [6, 6.07) is 7.58. The minimum absolute atomic E-state index is 0.0353. The number of halogens is 2. The third-order valence-corrected chi connectivity index (χ3v) is 5.34. The predicted molar refractivity (Wildman–Crippen MR) is 124 cm³/mol. The van der Waals surface area contributed by atoms with Gasteiger partial charge in [0.05, 0.1) is 24.1 Å². The number of imidazole rings is 1. The Morgan fingerprint density at radius 1 is 1.06 bits per heavy atom. The van der Waals surface area contributed by atoms with E-state index in [9.17, 15) is 9.59 Å². The molecule has 0 bridgehead atoms. The number of urea groups is 1. The van der Waals surface area contributed by atoms with Gasteiger partial charge in [-0.25, -0.2) is 23.5 Å². The highest BCUT2D eigenvalue weighted by Crippen LogP contribution is 2.32. The molecule has 0 saturated carbocycles. The summed E-state index contributed by atoms with van der Waals surface area (Å²) in [5.74, 6) is -2.56. The number of aryl methyl sites for hydroxylation is 1. The van der Waals surface area contributed by atoms with Crippen LogP contribution in [-0.4, -0.2) is 42.8 Å². The first kappa shape index (κ1) is 23.5. The molecule has 180 valence electrons. The van der Waals surface area contributed by atoms with Crippen molar-refractivity contribution in [1.82, 2.24) is 29.6 Å². The van der Waals surface area contributed by atoms with Crippen molar-refractivity contribution in [2.75, 3.05) is 11.9 Å². The van der Waals surface area contributed by atoms with E-state index in [1.807, 2.05) is 0 Å². The number of amides is 3. The van der Waals surface area contributed by atoms with Gasteiger partial charge < -0.3 is 15.6 Å². The van der Waals surface area contributed by atoms with Gasteiger partial charge in [0.25, 0.3) is 5.91 Å². The highest BCUT2D eigenvalue weighted by molar-refractivity contribution is 5.90. The molecular formula is C23H22F2N8O2. The average Bonchev–Trinajstić information content (AvgIpc) is 3.38. The summed E-state index contributed by atoms with van der Waals surface area (Å²) in [6.45, 7) is 2.24. The fraction of sp³-hybridized carbons (Fsp3) is 0.174. The van der Waals surface area contributed by atoms with E-state index in [1.54, 1.807) is 37.5 Å². The number of carbonyl (C=O) groups excluding carboxylic acids is 2. The summed E-state index contributed by atoms with van der Waals surface area (Å²) in [5, 5.41) is 9.62. The van der Waals surface area contributed by atoms with Crippen molar-refractivity contribution in [3.8, 4) is 22.4 Å². The van der Waals surface area contributed by atoms with Gasteiger partial charge in [-0.1, -0.05) is 12.1 Å². The van der Waals surface area contributed by atoms with Crippen LogP contribution in [0.3, 0.4) is 0 Å². The van der Waals surface area contributed by atoms with Crippen LogP contribution in [0.2, 0.25) is 0 Å². The number of anilines is 1. The summed E-state index contributed by atoms with van der Waals surface area (Å²) < 4.78 is 32.9. The molecule has 4 rings (SSSR count). The third kappa shape index (κ3) is 4.86. The molecule has 3 amide bonds. The van der Waals surface area contributed by atoms with Gasteiger partial charge in [0.1, 0.15) is 5.82 Å². The molecule has 0 aliphatic rings. The molecule has 3 aromatic heterocycles. The molecular weight excluding hydrogens is 458 g/mol. The molecule has 35 heavy (non-hydrogen) atoms. The number of primary amides is 1. The van der Waals surface area contributed by atoms with E-state index >= 15 is 8.78 Å². The van der Waals surface area contributed by atoms with Crippen molar-refractivity contribution in [3.05, 3.63) is 72.1 Å². The van der Waals surface area contributed by atoms with Crippen molar-refractivity contribution in [1.29, 1.82) is 0 Å². The maximum Gasteiger partial charge on any atom is 0.320 e. The molecule has 0 atom stereocenters. The van der Waals surface area contributed by atoms with Crippen molar-refractivity contribution >= 4 is 17.8 Å². The molecule has 0 spiro atoms. The number of aromatic nitrogens is 5. The Kier molecular flexibility index (Phi) is 6.53. The van der Waals surface area contributed by atoms with E-state index in [-0.39, 0.29) is 29.2 Å². The number of nitrogens with two attached hydrogens (primary N) is 1. The molecule has 0 aliphatic carbocycles. The first-order chi connectivity index (χ1) is 16.8. The average molecular weight is 480 g/mol. The van der Waals surface area contributed by atoms with Crippen LogP contribution < -0.4 is 16.4 Å². The molecule has 1 aromatic carbocycles. The molecule has 0 unspecified atom stereocenters. The van der Waals surface area contributed by atoms with Gasteiger partial charge in [-0.15, -0.1) is 0 Å². The van der Waals surface area contributed by atoms with Crippen LogP contribution in [-0.2, 0) is 13.6 Å². The van der Waals surface area contributed by atoms with Crippen LogP contribution in [0.25, 0.3) is 22.4 Å². The van der Waals surface area contributed by atoms with Crippen LogP contribution in [0, 0.1) is 18.6 Å². The summed E-state index contributed by atoms with van der Waals surface area (Å²) in [5.41, 5.74) is 6.35. The molecule has 4 aromatic rings. The van der Waals surface area contributed by atoms with Crippen LogP contribution in [0.1, 0.15) is 16.3 Å². The first-order valence-corrected chi connectivity index (χ1v) is 10.6. The molecule has 12 heteroatoms. The molecule has 3 heterocycles. The molecule has 0 radical (unpaired) electrons. The fourth-order valence-electron chi connectivity index (χ4n) is 3.62. The van der Waals surface area contributed by atoms with Gasteiger partial charge in [0.2, 0.25) is 0 Å². The third-order valence-electron chi connectivity index (χ3n) is 5.34. The van der Waals surface area contributed by atoms with E-state index in [2.05, 4.69) is 25.7 Å². The van der Waals surface area contributed by atoms with Gasteiger partial charge >= 0.3 is 6.03 Å². The van der Waals surface area contributed by atoms with E-state index in [1.165, 1.54) is 34.6 Å². The lowest BCUT2D eigenvalue weighted by Crippen LogP contribution is -2.31. The zero-order chi connectivity index (χ0) is 25.1. The number of hydrogen-bond donors (Lipinski definition) is 3. The van der Waals surface area contributed by atoms with Crippen molar-refractivity contribution < 1.29 is 18.4 Å². The quantitative estimate of drug-likeness (QED) is 0.374. The Bertz CT molecular complexity index is 1400. The van der Waals surface area contributed by atoms with E-state index in [0.29, 0.717) is 23.6 Å². The van der Waals surface area contributed by atoms with Crippen LogP contribution >= 0.6 is 0 Å². The van der Waals surface area contributed by atoms with Gasteiger partial charge in [0.15, 0.2) is 17.5 Å². The number of carbonyl (C=O) groups is 2. The molecule has 0 aliphatic heterocycles. The lowest BCUT2D eigenvalue weighted by molar-refractivity contribution is 0.0987. The summed E-state index contributed by atoms with van der Waals surface area (Å²) in [6.07, 6.45) is 4.41. The van der Waals surface area contributed by atoms with Crippen LogP contribution in [0.5, 0.6) is 0 Å². The highest BCUT2D eigenvalue weighted by Gasteiger charge is 2.22. The lowest BCUT2D eigenvalue weighted by Gasteiger charge is -2.09. The molecule has 10 nitrogen and oxygen atoms in total. The Labute approximate surface area is 198 Å². The largest absolute Gasteiger partial charge is 0.363 e. The van der Waals surface area contributed by atoms with E-state index in [0.717, 1.165) is 0 Å². The Balaban J connectivity index is 1.48. The SMILES string of the molecule is Cc1nn(CCNC(=O)Nc2ccccn2)cc1-c1ccc(-c2cnc(C(N)=O)n2C)c(F)c1F. The summed E-state index contributed by atoms with van der Waals surface area (Å²) in [7, 11) is 1.49. The monoisotopic (exact) mass is 480 g/mol. The van der Waals surface area contributed by atoms with Gasteiger partial charge in [-0.05, 0) is 25.1 Å². The van der Waals surface area contributed by atoms with Crippen LogP contribution in [0.4, 0.5) is 19.4 Å². The van der Waals surface area contributed by atoms with Gasteiger partial charge in [0, 0.05) is 42.7 Å². The van der Waals surface area contributed by atoms with Crippen LogP contribution in [0.15, 0.2) is 48.9 Å². The zero-order valence-corrected chi connectivity index (χ0v) is 18.9. The highest BCUT2D eigenvalue weighted by atomic mass is 19.2. The second kappa shape index (κ2) is 9.71. The number of nitrogens with zero attached hydrogens (tertiary/aromatic N) is 5. The predicted octanol–water partition coefficient (Wildman–Crippen LogP) is 2.85. The van der Waals surface area contributed by atoms with Gasteiger partial charge in [-0.3, -0.25) is 14.8 Å². The zero-order valence-electron chi connectivity index (χ0n) is 18.9. The number of pyridine rings is 1. The van der Waals surface area contributed by atoms with E-state index in [4.69, 9.17) is 5.73 Å². The normalized spacial score (nSPS) is 10.9. The van der Waals surface area contributed by atoms with Crippen molar-refractivity contribution in [3.63, 3.8) is 0 Å². The van der Waals surface area contributed by atoms with E-state index < -0.39 is 23.6 Å². The molecule has 0 saturated heterocycles. The first-order valence-electron chi connectivity index (χ1n) is 10.6. The number of rotatable bonds is 7. The Morgan fingerprint density at radius 2 is 1.80 bits per heavy atom. The summed E-state index contributed by atoms with van der Waals surface area (Å²) >= 11 is 0. The maximum atomic E-state index is 15.1. The second-order valence-corrected chi connectivity index (χ2v) is 7.67. The minimum atomic E-state index is -1.08. The lowest BCUT2D eigenvalue weighted by atomic mass is 10.0. The van der Waals surface area contributed by atoms with Crippen molar-refractivity contribution in [2.24, 2.45) is 12.8 Å². The Morgan fingerprint density at radius 3 is 2.49 bits per heavy atom. The second-order valence-electron chi connectivity index (χ2n) is 7.67. The topological polar surface area (TPSA) is 133 Å². The van der Waals surface area contributed by atoms with Gasteiger partial charge in [-0.2, -0.15) is 5.10 Å². The fourth-order valence-corrected chi connectivity index (χ4v) is 3.62. The number of benzene rings is 1. The smallest absolute Gasteiger partial charge is 0.320 e. The maximum absolute atomic E-state index is 15.1.